The summed E-state index contributed by atoms with van der Waals surface area (Å²) in [5.41, 5.74) is 7.32. The van der Waals surface area contributed by atoms with E-state index >= 15 is 0 Å². The number of aliphatic hydroxyl groups is 1. The summed E-state index contributed by atoms with van der Waals surface area (Å²) in [5.74, 6) is 2.07. The van der Waals surface area contributed by atoms with Crippen molar-refractivity contribution >= 4 is 40.4 Å². The quantitative estimate of drug-likeness (QED) is 0.0183. The topological polar surface area (TPSA) is 287 Å². The first-order chi connectivity index (χ1) is 65.8. The van der Waals surface area contributed by atoms with Gasteiger partial charge in [0, 0.05) is 107 Å². The number of anilines is 2. The second kappa shape index (κ2) is 48.7. The maximum absolute atomic E-state index is 14.2. The van der Waals surface area contributed by atoms with Crippen LogP contribution >= 0.6 is 17.0 Å². The molecule has 6 heterocycles. The number of ether oxygens (including phenoxy) is 10. The average molecular weight is 1910 g/mol. The Hall–Kier alpha value is -10.7. The molecule has 0 spiro atoms. The summed E-state index contributed by atoms with van der Waals surface area (Å²) in [5, 5.41) is 17.3. The number of amides is 2. The fraction of sp³-hybridized carbons (Fsp3) is 0.434. The third-order valence-corrected chi connectivity index (χ3v) is 28.9. The molecule has 4 aliphatic heterocycles. The van der Waals surface area contributed by atoms with E-state index < -0.39 is 100 Å². The molecule has 31 heteroatoms. The minimum atomic E-state index is -1.84. The van der Waals surface area contributed by atoms with E-state index in [1.807, 2.05) is 149 Å². The lowest BCUT2D eigenvalue weighted by molar-refractivity contribution is -0.101. The summed E-state index contributed by atoms with van der Waals surface area (Å²) in [4.78, 5) is 69.4. The first kappa shape index (κ1) is 105. The molecule has 728 valence electrons. The molecule has 9 atom stereocenters. The van der Waals surface area contributed by atoms with Gasteiger partial charge in [-0.15, -0.1) is 0 Å². The lowest BCUT2D eigenvalue weighted by Gasteiger charge is -2.45. The number of methoxy groups -OCH3 is 2. The van der Waals surface area contributed by atoms with Crippen LogP contribution in [0.1, 0.15) is 183 Å². The number of rotatable bonds is 39. The Morgan fingerprint density at radius 1 is 0.453 bits per heavy atom. The Bertz CT molecular complexity index is 5740. The number of nitrogens with one attached hydrogen (secondary N) is 2. The highest BCUT2D eigenvalue weighted by Crippen LogP contribution is 2.58. The van der Waals surface area contributed by atoms with E-state index in [1.54, 1.807) is 89.0 Å². The van der Waals surface area contributed by atoms with Crippen LogP contribution in [0.2, 0.25) is 0 Å². The van der Waals surface area contributed by atoms with Crippen LogP contribution in [0.4, 0.5) is 11.6 Å². The first-order valence-corrected chi connectivity index (χ1v) is 48.9. The summed E-state index contributed by atoms with van der Waals surface area (Å²) in [6, 6.07) is 63.2. The number of hydrogen-bond donors (Lipinski definition) is 3. The minimum Gasteiger partial charge on any atom is -0.457 e. The van der Waals surface area contributed by atoms with Crippen LogP contribution in [0, 0.1) is 54.7 Å². The van der Waals surface area contributed by atoms with Gasteiger partial charge in [0.2, 0.25) is 13.1 Å². The SMILES string of the molecule is COCCOC1C(O)C(COC2(c3ccccc3)c3cc(C)ccc3Oc3ccc(C)cc32)OC1n1cc(C)c(NC(=O)c2ccccc2)nc1=O.[C-]#[N+]CCOP(N(C(C)C)C(C)C)N(C(C)C)C(C)C.[C-]#[N+]CCOP(OC1C(COC2(c3ccccc3)c3cc(C)ccc3Oc3ccc(C)cc32)OC(n2cc(C)c(NC(=O)c3ccccc3)nc2=O)C1OCCOC)N(C(C)C)C(C)C. The van der Waals surface area contributed by atoms with E-state index in [0.29, 0.717) is 82.6 Å². The number of aryl methyl sites for hydroxylation is 6. The fourth-order valence-corrected chi connectivity index (χ4v) is 21.8. The second-order valence-corrected chi connectivity index (χ2v) is 39.0. The summed E-state index contributed by atoms with van der Waals surface area (Å²) in [7, 11) is 0.462. The van der Waals surface area contributed by atoms with Crippen LogP contribution < -0.4 is 31.5 Å². The van der Waals surface area contributed by atoms with E-state index in [-0.39, 0.29) is 76.5 Å². The van der Waals surface area contributed by atoms with Gasteiger partial charge < -0.3 is 86.4 Å². The zero-order chi connectivity index (χ0) is 98.5. The molecule has 2 aromatic heterocycles. The van der Waals surface area contributed by atoms with Crippen molar-refractivity contribution in [3.05, 3.63) is 328 Å². The number of aromatic nitrogens is 4. The van der Waals surface area contributed by atoms with Crippen molar-refractivity contribution in [1.29, 1.82) is 0 Å². The molecule has 137 heavy (non-hydrogen) atoms. The lowest BCUT2D eigenvalue weighted by atomic mass is 9.77. The van der Waals surface area contributed by atoms with Crippen LogP contribution in [-0.2, 0) is 62.7 Å². The van der Waals surface area contributed by atoms with E-state index in [9.17, 15) is 24.3 Å². The zero-order valence-electron chi connectivity index (χ0n) is 82.1. The molecule has 4 aliphatic rings. The number of carbonyl (C=O) groups excluding carboxylic acids is 2. The standard InChI is InChI=1S/C50H58N5O9P.C41H41N3O8.C15H32N3OP/c1-32(2)55(33(3)4)65(61-25-24-51-8)64-44-43(31-60-50(38-18-14-11-15-19-38)39-28-34(5)20-22-41(39)62-42-23-21-35(6)29-40(42)50)63-48(45(44)59-27-26-58-9)54-30-36(7)46(53-49(54)57)52-47(56)37-16-12-10-13-17-37;1-25-15-17-32-30(21-25)41(29-13-9-6-10-14-29,31-22-26(2)16-18-33(31)51-32)50-24-34-35(45)36(49-20-19-48-4)39(52-34)44-23-27(3)37(43-40(44)47)42-38(46)28-11-7-5-8-12-28;1-12(2)17(13(3)4)20(19-11-10-16-9)18(14(5)6)15(7)8/h10-23,28-30,32-33,43-45,48H,24-27,31H2,1-7,9H3,(H,52,53,56,57);5-18,21-23,34-36,39,45H,19-20,24H2,1-4H3,(H,42,43,46,47);12-15H,10-11H2,1-8H3. The number of benzene rings is 8. The van der Waals surface area contributed by atoms with Gasteiger partial charge in [-0.2, -0.15) is 9.97 Å². The Morgan fingerprint density at radius 2 is 0.796 bits per heavy atom. The molecule has 14 rings (SSSR count). The first-order valence-electron chi connectivity index (χ1n) is 46.6. The van der Waals surface area contributed by atoms with Gasteiger partial charge in [0.05, 0.1) is 39.6 Å². The van der Waals surface area contributed by atoms with Crippen molar-refractivity contribution < 1.29 is 75.6 Å². The Balaban J connectivity index is 0.000000208. The molecule has 0 aliphatic carbocycles. The molecule has 2 amide bonds. The van der Waals surface area contributed by atoms with E-state index in [2.05, 4.69) is 152 Å². The highest BCUT2D eigenvalue weighted by molar-refractivity contribution is 7.47. The Morgan fingerprint density at radius 3 is 1.16 bits per heavy atom. The Labute approximate surface area is 807 Å². The molecule has 9 unspecified atom stereocenters. The van der Waals surface area contributed by atoms with Gasteiger partial charge >= 0.3 is 11.4 Å². The number of carbonyl (C=O) groups is 2. The maximum atomic E-state index is 14.2. The van der Waals surface area contributed by atoms with Crippen molar-refractivity contribution in [2.75, 3.05) is 90.8 Å². The van der Waals surface area contributed by atoms with E-state index in [0.717, 1.165) is 55.6 Å². The minimum absolute atomic E-state index is 0.00842. The van der Waals surface area contributed by atoms with Crippen LogP contribution in [0.5, 0.6) is 23.0 Å². The van der Waals surface area contributed by atoms with Crippen molar-refractivity contribution in [1.82, 2.24) is 33.1 Å². The monoisotopic (exact) mass is 1910 g/mol. The highest BCUT2D eigenvalue weighted by Gasteiger charge is 2.55. The van der Waals surface area contributed by atoms with Gasteiger partial charge in [0.25, 0.3) is 20.3 Å². The number of aliphatic hydroxyl groups excluding tert-OH is 1. The van der Waals surface area contributed by atoms with Crippen molar-refractivity contribution in [2.45, 2.75) is 221 Å². The molecular formula is C106H131N11O18P2. The van der Waals surface area contributed by atoms with Crippen LogP contribution in [-0.4, -0.2) is 203 Å². The van der Waals surface area contributed by atoms with E-state index in [4.69, 9.17) is 74.1 Å². The van der Waals surface area contributed by atoms with Crippen LogP contribution in [0.3, 0.4) is 0 Å². The van der Waals surface area contributed by atoms with Gasteiger partial charge in [-0.25, -0.2) is 36.7 Å². The molecule has 10 aromatic rings. The molecule has 0 radical (unpaired) electrons. The van der Waals surface area contributed by atoms with Gasteiger partial charge in [-0.1, -0.05) is 144 Å². The van der Waals surface area contributed by atoms with Crippen molar-refractivity contribution in [3.63, 3.8) is 0 Å². The molecule has 3 N–H and O–H groups in total. The molecule has 2 saturated heterocycles. The lowest BCUT2D eigenvalue weighted by Crippen LogP contribution is -2.44. The summed E-state index contributed by atoms with van der Waals surface area (Å²) < 4.78 is 94.0. The summed E-state index contributed by atoms with van der Waals surface area (Å²) in [6.45, 7) is 53.9. The zero-order valence-corrected chi connectivity index (χ0v) is 83.9. The van der Waals surface area contributed by atoms with Crippen molar-refractivity contribution in [2.24, 2.45) is 0 Å². The molecular weight excluding hydrogens is 1780 g/mol. The van der Waals surface area contributed by atoms with Crippen molar-refractivity contribution in [3.8, 4) is 23.0 Å². The molecule has 0 bridgehead atoms. The average Bonchev–Trinajstić information content (AvgIpc) is 0.821. The Kier molecular flexibility index (Phi) is 37.4. The second-order valence-electron chi connectivity index (χ2n) is 36.0. The molecule has 29 nitrogen and oxygen atoms in total. The largest absolute Gasteiger partial charge is 0.457 e. The van der Waals surface area contributed by atoms with Gasteiger partial charge in [-0.3, -0.25) is 18.7 Å². The van der Waals surface area contributed by atoms with Gasteiger partial charge in [0.1, 0.15) is 84.5 Å². The third-order valence-electron chi connectivity index (χ3n) is 23.7. The number of nitrogens with zero attached hydrogens (tertiary/aromatic N) is 9. The van der Waals surface area contributed by atoms with Gasteiger partial charge in [0.15, 0.2) is 32.1 Å². The van der Waals surface area contributed by atoms with Gasteiger partial charge in [-0.05, 0) is 209 Å². The normalized spacial score (nSPS) is 18.5. The smallest absolute Gasteiger partial charge is 0.351 e. The highest BCUT2D eigenvalue weighted by atomic mass is 31.2. The van der Waals surface area contributed by atoms with Crippen LogP contribution in [0.25, 0.3) is 9.69 Å². The van der Waals surface area contributed by atoms with E-state index in [1.165, 1.54) is 9.13 Å². The predicted octanol–water partition coefficient (Wildman–Crippen LogP) is 19.3. The van der Waals surface area contributed by atoms with Crippen LogP contribution in [0.15, 0.2) is 216 Å². The maximum Gasteiger partial charge on any atom is 0.351 e. The number of hydrogen-bond acceptors (Lipinski definition) is 23. The fourth-order valence-electron chi connectivity index (χ4n) is 17.7. The molecule has 0 saturated carbocycles. The molecule has 2 fully saturated rings. The molecule has 8 aromatic carbocycles. The summed E-state index contributed by atoms with van der Waals surface area (Å²) in [6.07, 6.45) is -4.79. The number of fused-ring (bicyclic) bond motifs is 4. The third kappa shape index (κ3) is 24.8. The predicted molar refractivity (Wildman–Crippen MR) is 532 cm³/mol. The summed E-state index contributed by atoms with van der Waals surface area (Å²) >= 11 is 0.